The lowest BCUT2D eigenvalue weighted by Crippen LogP contribution is -2.36. The molecule has 0 aliphatic carbocycles. The fourth-order valence-corrected chi connectivity index (χ4v) is 2.93. The second kappa shape index (κ2) is 8.22. The zero-order chi connectivity index (χ0) is 20.3. The summed E-state index contributed by atoms with van der Waals surface area (Å²) in [7, 11) is 1.52. The van der Waals surface area contributed by atoms with Gasteiger partial charge < -0.3 is 10.6 Å². The number of hydrazone groups is 1. The largest absolute Gasteiger partial charge is 0.355 e. The number of para-hydroxylation sites is 1. The van der Waals surface area contributed by atoms with E-state index in [1.165, 1.54) is 12.1 Å². The molecule has 0 saturated carbocycles. The molecule has 1 aliphatic rings. The molecule has 0 unspecified atom stereocenters. The molecule has 2 aromatic rings. The van der Waals surface area contributed by atoms with Gasteiger partial charge in [-0.15, -0.1) is 0 Å². The van der Waals surface area contributed by atoms with E-state index in [1.807, 2.05) is 6.92 Å². The summed E-state index contributed by atoms with van der Waals surface area (Å²) in [6, 6.07) is 11.8. The van der Waals surface area contributed by atoms with Crippen molar-refractivity contribution in [2.24, 2.45) is 5.10 Å². The molecule has 2 N–H and O–H groups in total. The van der Waals surface area contributed by atoms with Crippen LogP contribution in [-0.2, 0) is 9.59 Å². The monoisotopic (exact) mass is 398 g/mol. The van der Waals surface area contributed by atoms with Crippen molar-refractivity contribution in [2.75, 3.05) is 17.4 Å². The zero-order valence-corrected chi connectivity index (χ0v) is 16.2. The first-order chi connectivity index (χ1) is 13.4. The van der Waals surface area contributed by atoms with E-state index in [-0.39, 0.29) is 30.4 Å². The Labute approximate surface area is 167 Å². The lowest BCUT2D eigenvalue weighted by atomic mass is 10.1. The Morgan fingerprint density at radius 1 is 1.11 bits per heavy atom. The molecule has 3 amide bonds. The molecule has 8 heteroatoms. The van der Waals surface area contributed by atoms with Gasteiger partial charge in [-0.1, -0.05) is 29.8 Å². The Morgan fingerprint density at radius 3 is 2.57 bits per heavy atom. The molecule has 0 saturated heterocycles. The summed E-state index contributed by atoms with van der Waals surface area (Å²) in [5.74, 6) is -0.998. The Hall–Kier alpha value is -3.19. The van der Waals surface area contributed by atoms with Gasteiger partial charge in [0.15, 0.2) is 0 Å². The highest BCUT2D eigenvalue weighted by atomic mass is 35.5. The fraction of sp³-hybridized carbons (Fsp3) is 0.200. The maximum absolute atomic E-state index is 12.7. The molecular formula is C20H19ClN4O3. The molecular weight excluding hydrogens is 380 g/mol. The average Bonchev–Trinajstić information content (AvgIpc) is 2.70. The van der Waals surface area contributed by atoms with Crippen molar-refractivity contribution in [3.63, 3.8) is 0 Å². The smallest absolute Gasteiger partial charge is 0.271 e. The SMILES string of the molecule is CNC(=O)c1ccccc1NC(=O)C1=NN(c2ccc(C)c(Cl)c2)C(=O)CC1. The number of anilines is 2. The van der Waals surface area contributed by atoms with Crippen LogP contribution in [0.4, 0.5) is 11.4 Å². The number of hydrogen-bond donors (Lipinski definition) is 2. The van der Waals surface area contributed by atoms with Crippen LogP contribution in [0.25, 0.3) is 0 Å². The second-order valence-corrected chi connectivity index (χ2v) is 6.67. The molecule has 144 valence electrons. The number of benzene rings is 2. The van der Waals surface area contributed by atoms with Crippen LogP contribution in [0, 0.1) is 6.92 Å². The third-order valence-electron chi connectivity index (χ3n) is 4.34. The Morgan fingerprint density at radius 2 is 1.86 bits per heavy atom. The van der Waals surface area contributed by atoms with Gasteiger partial charge in [0.2, 0.25) is 5.91 Å². The minimum atomic E-state index is -0.466. The van der Waals surface area contributed by atoms with Gasteiger partial charge in [0.25, 0.3) is 11.8 Å². The molecule has 7 nitrogen and oxygen atoms in total. The number of amides is 3. The van der Waals surface area contributed by atoms with Crippen molar-refractivity contribution < 1.29 is 14.4 Å². The summed E-state index contributed by atoms with van der Waals surface area (Å²) in [5.41, 5.74) is 2.28. The summed E-state index contributed by atoms with van der Waals surface area (Å²) in [6.07, 6.45) is 0.359. The van der Waals surface area contributed by atoms with E-state index in [4.69, 9.17) is 11.6 Å². The van der Waals surface area contributed by atoms with E-state index >= 15 is 0 Å². The molecule has 0 spiro atoms. The van der Waals surface area contributed by atoms with Crippen LogP contribution < -0.4 is 15.6 Å². The number of carbonyl (C=O) groups is 3. The number of nitrogens with zero attached hydrogens (tertiary/aromatic N) is 2. The number of carbonyl (C=O) groups excluding carboxylic acids is 3. The van der Waals surface area contributed by atoms with Crippen LogP contribution in [0.3, 0.4) is 0 Å². The van der Waals surface area contributed by atoms with Gasteiger partial charge in [0.05, 0.1) is 16.9 Å². The first-order valence-corrected chi connectivity index (χ1v) is 9.07. The van der Waals surface area contributed by atoms with Crippen molar-refractivity contribution in [2.45, 2.75) is 19.8 Å². The summed E-state index contributed by atoms with van der Waals surface area (Å²) in [6.45, 7) is 1.86. The minimum Gasteiger partial charge on any atom is -0.355 e. The Kier molecular flexibility index (Phi) is 5.75. The number of rotatable bonds is 4. The second-order valence-electron chi connectivity index (χ2n) is 6.26. The standard InChI is InChI=1S/C20H19ClN4O3/c1-12-7-8-13(11-15(12)21)25-18(26)10-9-17(24-25)20(28)23-16-6-4-3-5-14(16)19(27)22-2/h3-8,11H,9-10H2,1-2H3,(H,22,27)(H,23,28). The Balaban J connectivity index is 1.87. The van der Waals surface area contributed by atoms with Crippen molar-refractivity contribution in [3.8, 4) is 0 Å². The van der Waals surface area contributed by atoms with Gasteiger partial charge in [0.1, 0.15) is 5.71 Å². The lowest BCUT2D eigenvalue weighted by molar-refractivity contribution is -0.118. The maximum atomic E-state index is 12.7. The summed E-state index contributed by atoms with van der Waals surface area (Å²) in [4.78, 5) is 37.0. The molecule has 2 aromatic carbocycles. The maximum Gasteiger partial charge on any atom is 0.271 e. The summed E-state index contributed by atoms with van der Waals surface area (Å²) >= 11 is 6.14. The molecule has 1 aliphatic heterocycles. The van der Waals surface area contributed by atoms with Crippen LogP contribution in [-0.4, -0.2) is 30.5 Å². The summed E-state index contributed by atoms with van der Waals surface area (Å²) < 4.78 is 0. The normalized spacial score (nSPS) is 13.8. The molecule has 1 heterocycles. The number of nitrogens with one attached hydrogen (secondary N) is 2. The van der Waals surface area contributed by atoms with Crippen molar-refractivity contribution in [3.05, 3.63) is 58.6 Å². The molecule has 0 atom stereocenters. The van der Waals surface area contributed by atoms with Gasteiger partial charge in [-0.05, 0) is 36.8 Å². The average molecular weight is 399 g/mol. The molecule has 0 aromatic heterocycles. The van der Waals surface area contributed by atoms with E-state index in [1.54, 1.807) is 42.5 Å². The quantitative estimate of drug-likeness (QED) is 0.828. The van der Waals surface area contributed by atoms with Crippen molar-refractivity contribution in [1.29, 1.82) is 0 Å². The van der Waals surface area contributed by atoms with E-state index in [0.717, 1.165) is 5.56 Å². The molecule has 0 radical (unpaired) electrons. The van der Waals surface area contributed by atoms with Crippen LogP contribution in [0.1, 0.15) is 28.8 Å². The van der Waals surface area contributed by atoms with Crippen LogP contribution in [0.5, 0.6) is 0 Å². The van der Waals surface area contributed by atoms with E-state index in [2.05, 4.69) is 15.7 Å². The Bertz CT molecular complexity index is 987. The van der Waals surface area contributed by atoms with Gasteiger partial charge in [-0.25, -0.2) is 5.01 Å². The summed E-state index contributed by atoms with van der Waals surface area (Å²) in [5, 5.41) is 11.2. The first-order valence-electron chi connectivity index (χ1n) is 8.69. The van der Waals surface area contributed by atoms with Gasteiger partial charge in [-0.3, -0.25) is 14.4 Å². The van der Waals surface area contributed by atoms with Crippen LogP contribution >= 0.6 is 11.6 Å². The van der Waals surface area contributed by atoms with Gasteiger partial charge >= 0.3 is 0 Å². The van der Waals surface area contributed by atoms with Crippen molar-refractivity contribution in [1.82, 2.24) is 5.32 Å². The predicted octanol–water partition coefficient (Wildman–Crippen LogP) is 3.13. The third kappa shape index (κ3) is 4.04. The van der Waals surface area contributed by atoms with Crippen LogP contribution in [0.2, 0.25) is 5.02 Å². The predicted molar refractivity (Wildman–Crippen MR) is 109 cm³/mol. The topological polar surface area (TPSA) is 90.9 Å². The highest BCUT2D eigenvalue weighted by Crippen LogP contribution is 2.26. The first kappa shape index (κ1) is 19.6. The number of hydrogen-bond acceptors (Lipinski definition) is 4. The molecule has 28 heavy (non-hydrogen) atoms. The molecule has 0 bridgehead atoms. The van der Waals surface area contributed by atoms with Crippen molar-refractivity contribution >= 4 is 46.4 Å². The third-order valence-corrected chi connectivity index (χ3v) is 4.75. The number of halogens is 1. The zero-order valence-electron chi connectivity index (χ0n) is 15.5. The van der Waals surface area contributed by atoms with E-state index in [9.17, 15) is 14.4 Å². The highest BCUT2D eigenvalue weighted by molar-refractivity contribution is 6.44. The van der Waals surface area contributed by atoms with Crippen LogP contribution in [0.15, 0.2) is 47.6 Å². The van der Waals surface area contributed by atoms with E-state index < -0.39 is 5.91 Å². The minimum absolute atomic E-state index is 0.148. The number of aryl methyl sites for hydroxylation is 1. The fourth-order valence-electron chi connectivity index (χ4n) is 2.75. The molecule has 0 fully saturated rings. The molecule has 3 rings (SSSR count). The lowest BCUT2D eigenvalue weighted by Gasteiger charge is -2.23. The van der Waals surface area contributed by atoms with Gasteiger partial charge in [0, 0.05) is 24.9 Å². The highest BCUT2D eigenvalue weighted by Gasteiger charge is 2.26. The van der Waals surface area contributed by atoms with Gasteiger partial charge in [-0.2, -0.15) is 5.10 Å². The van der Waals surface area contributed by atoms with E-state index in [0.29, 0.717) is 22.0 Å².